The summed E-state index contributed by atoms with van der Waals surface area (Å²) in [5.74, 6) is -1.96. The Bertz CT molecular complexity index is 1510. The predicted molar refractivity (Wildman–Crippen MR) is 134 cm³/mol. The fraction of sp³-hybridized carbons (Fsp3) is 0.200. The topological polar surface area (TPSA) is 132 Å². The van der Waals surface area contributed by atoms with Crippen LogP contribution in [0.25, 0.3) is 16.9 Å². The second kappa shape index (κ2) is 10.7. The molecule has 3 heterocycles. The molecule has 14 heteroatoms. The van der Waals surface area contributed by atoms with Crippen molar-refractivity contribution in [1.29, 1.82) is 0 Å². The number of amides is 1. The molecule has 0 saturated heterocycles. The molecule has 10 nitrogen and oxygen atoms in total. The third-order valence-electron chi connectivity index (χ3n) is 5.42. The van der Waals surface area contributed by atoms with Crippen molar-refractivity contribution in [1.82, 2.24) is 24.7 Å². The Morgan fingerprint density at radius 3 is 2.41 bits per heavy atom. The van der Waals surface area contributed by atoms with Crippen molar-refractivity contribution in [2.45, 2.75) is 20.0 Å². The third-order valence-corrected chi connectivity index (χ3v) is 5.73. The van der Waals surface area contributed by atoms with Crippen molar-refractivity contribution in [3.05, 3.63) is 77.5 Å². The van der Waals surface area contributed by atoms with Gasteiger partial charge in [0.15, 0.2) is 11.5 Å². The van der Waals surface area contributed by atoms with Crippen LogP contribution in [0.5, 0.6) is 6.01 Å². The normalized spacial score (nSPS) is 11.7. The Morgan fingerprint density at radius 1 is 1.10 bits per heavy atom. The average molecular weight is 561 g/mol. The zero-order valence-corrected chi connectivity index (χ0v) is 21.2. The summed E-state index contributed by atoms with van der Waals surface area (Å²) in [7, 11) is 0. The van der Waals surface area contributed by atoms with Gasteiger partial charge in [-0.1, -0.05) is 23.7 Å². The zero-order valence-electron chi connectivity index (χ0n) is 20.4. The number of benzene rings is 1. The number of aliphatic carboxylic acids is 1. The first-order valence-electron chi connectivity index (χ1n) is 11.2. The van der Waals surface area contributed by atoms with Crippen molar-refractivity contribution in [3.8, 4) is 23.0 Å². The van der Waals surface area contributed by atoms with E-state index in [2.05, 4.69) is 25.4 Å². The monoisotopic (exact) mass is 560 g/mol. The van der Waals surface area contributed by atoms with E-state index in [0.29, 0.717) is 11.1 Å². The molecule has 0 aliphatic heterocycles. The number of hydrogen-bond donors (Lipinski definition) is 2. The lowest BCUT2D eigenvalue weighted by atomic mass is 9.95. The minimum atomic E-state index is -4.88. The number of carbonyl (C=O) groups excluding carboxylic acids is 1. The summed E-state index contributed by atoms with van der Waals surface area (Å²) in [4.78, 5) is 36.1. The number of aromatic nitrogens is 5. The molecule has 4 aromatic rings. The van der Waals surface area contributed by atoms with Crippen LogP contribution in [0, 0.1) is 5.41 Å². The molecule has 202 valence electrons. The number of nitrogens with zero attached hydrogens (tertiary/aromatic N) is 5. The van der Waals surface area contributed by atoms with Gasteiger partial charge in [-0.05, 0) is 38.1 Å². The average Bonchev–Trinajstić information content (AvgIpc) is 3.35. The van der Waals surface area contributed by atoms with Crippen LogP contribution in [0.1, 0.15) is 29.9 Å². The van der Waals surface area contributed by atoms with E-state index in [0.717, 1.165) is 10.9 Å². The van der Waals surface area contributed by atoms with Gasteiger partial charge in [-0.3, -0.25) is 9.59 Å². The standard InChI is InChI=1S/C25H20ClF3N6O4/c1-24(2,22(37)38)13-39-23-31-10-14(11-32-23)16-7-6-15(9-18(16)26)33-21(36)17-12-35(19-5-3-4-8-30-19)34-20(17)25(27,28)29/h3-12H,13H2,1-2H3,(H,33,36)(H,37,38). The molecule has 0 saturated carbocycles. The molecule has 0 radical (unpaired) electrons. The number of carboxylic acid groups (broad SMARTS) is 1. The van der Waals surface area contributed by atoms with Crippen molar-refractivity contribution in [3.63, 3.8) is 0 Å². The summed E-state index contributed by atoms with van der Waals surface area (Å²) in [5.41, 5.74) is -2.08. The molecule has 0 unspecified atom stereocenters. The van der Waals surface area contributed by atoms with E-state index < -0.39 is 34.7 Å². The quantitative estimate of drug-likeness (QED) is 0.303. The van der Waals surface area contributed by atoms with Crippen LogP contribution in [0.2, 0.25) is 5.02 Å². The highest BCUT2D eigenvalue weighted by molar-refractivity contribution is 6.33. The Hall–Kier alpha value is -4.52. The van der Waals surface area contributed by atoms with Gasteiger partial charge in [0.1, 0.15) is 6.61 Å². The van der Waals surface area contributed by atoms with Crippen molar-refractivity contribution < 1.29 is 32.6 Å². The second-order valence-corrected chi connectivity index (χ2v) is 9.31. The van der Waals surface area contributed by atoms with Crippen LogP contribution in [-0.4, -0.2) is 48.3 Å². The van der Waals surface area contributed by atoms with Gasteiger partial charge < -0.3 is 15.2 Å². The Kier molecular flexibility index (Phi) is 7.54. The summed E-state index contributed by atoms with van der Waals surface area (Å²) < 4.78 is 47.0. The minimum Gasteiger partial charge on any atom is -0.481 e. The van der Waals surface area contributed by atoms with Crippen LogP contribution < -0.4 is 10.1 Å². The lowest BCUT2D eigenvalue weighted by molar-refractivity contribution is -0.148. The Labute approximate surface area is 224 Å². The molecular weight excluding hydrogens is 541 g/mol. The van der Waals surface area contributed by atoms with Gasteiger partial charge in [-0.2, -0.15) is 18.3 Å². The van der Waals surface area contributed by atoms with E-state index in [-0.39, 0.29) is 29.1 Å². The minimum absolute atomic E-state index is 0.0280. The maximum Gasteiger partial charge on any atom is 0.435 e. The predicted octanol–water partition coefficient (Wildman–Crippen LogP) is 5.14. The van der Waals surface area contributed by atoms with Gasteiger partial charge in [0.25, 0.3) is 5.91 Å². The van der Waals surface area contributed by atoms with Crippen LogP contribution in [-0.2, 0) is 11.0 Å². The Morgan fingerprint density at radius 2 is 1.82 bits per heavy atom. The van der Waals surface area contributed by atoms with Crippen molar-refractivity contribution in [2.24, 2.45) is 5.41 Å². The number of hydrogen-bond acceptors (Lipinski definition) is 7. The van der Waals surface area contributed by atoms with E-state index in [1.807, 2.05) is 0 Å². The number of halogens is 4. The SMILES string of the molecule is CC(C)(COc1ncc(-c2ccc(NC(=O)c3cn(-c4ccccn4)nc3C(F)(F)F)cc2Cl)cn1)C(=O)O. The highest BCUT2D eigenvalue weighted by Gasteiger charge is 2.39. The molecule has 1 amide bonds. The van der Waals surface area contributed by atoms with E-state index in [1.54, 1.807) is 12.1 Å². The summed E-state index contributed by atoms with van der Waals surface area (Å²) >= 11 is 6.37. The maximum atomic E-state index is 13.6. The fourth-order valence-electron chi connectivity index (χ4n) is 3.22. The zero-order chi connectivity index (χ0) is 28.4. The summed E-state index contributed by atoms with van der Waals surface area (Å²) in [6.07, 6.45) is 0.288. The molecule has 4 rings (SSSR count). The first kappa shape index (κ1) is 27.5. The Balaban J connectivity index is 1.51. The number of anilines is 1. The summed E-state index contributed by atoms with van der Waals surface area (Å²) in [6.45, 7) is 2.86. The molecule has 0 fully saturated rings. The number of nitrogens with one attached hydrogen (secondary N) is 1. The van der Waals surface area contributed by atoms with E-state index in [1.165, 1.54) is 56.7 Å². The third kappa shape index (κ3) is 6.32. The summed E-state index contributed by atoms with van der Waals surface area (Å²) in [5, 5.41) is 15.3. The smallest absolute Gasteiger partial charge is 0.435 e. The molecule has 0 aliphatic rings. The summed E-state index contributed by atoms with van der Waals surface area (Å²) in [6, 6.07) is 8.95. The number of ether oxygens (including phenoxy) is 1. The van der Waals surface area contributed by atoms with Crippen LogP contribution in [0.15, 0.2) is 61.2 Å². The molecule has 3 aromatic heterocycles. The molecule has 0 atom stereocenters. The number of carboxylic acids is 1. The van der Waals surface area contributed by atoms with Crippen LogP contribution in [0.3, 0.4) is 0 Å². The first-order chi connectivity index (χ1) is 18.3. The number of carbonyl (C=O) groups is 2. The molecular formula is C25H20ClF3N6O4. The highest BCUT2D eigenvalue weighted by atomic mass is 35.5. The first-order valence-corrected chi connectivity index (χ1v) is 11.6. The lowest BCUT2D eigenvalue weighted by Crippen LogP contribution is -2.31. The molecule has 0 spiro atoms. The molecule has 0 bridgehead atoms. The van der Waals surface area contributed by atoms with Gasteiger partial charge in [0.2, 0.25) is 0 Å². The van der Waals surface area contributed by atoms with E-state index in [4.69, 9.17) is 21.4 Å². The molecule has 0 aliphatic carbocycles. The largest absolute Gasteiger partial charge is 0.481 e. The fourth-order valence-corrected chi connectivity index (χ4v) is 3.51. The van der Waals surface area contributed by atoms with E-state index >= 15 is 0 Å². The molecule has 2 N–H and O–H groups in total. The second-order valence-electron chi connectivity index (χ2n) is 8.90. The molecule has 39 heavy (non-hydrogen) atoms. The van der Waals surface area contributed by atoms with Gasteiger partial charge in [0.05, 0.1) is 16.0 Å². The van der Waals surface area contributed by atoms with Crippen LogP contribution in [0.4, 0.5) is 18.9 Å². The number of rotatable bonds is 8. The highest BCUT2D eigenvalue weighted by Crippen LogP contribution is 2.33. The van der Waals surface area contributed by atoms with Gasteiger partial charge >= 0.3 is 18.2 Å². The van der Waals surface area contributed by atoms with Gasteiger partial charge in [0, 0.05) is 41.6 Å². The number of pyridine rings is 1. The van der Waals surface area contributed by atoms with Crippen molar-refractivity contribution in [2.75, 3.05) is 11.9 Å². The van der Waals surface area contributed by atoms with Crippen molar-refractivity contribution >= 4 is 29.2 Å². The lowest BCUT2D eigenvalue weighted by Gasteiger charge is -2.18. The van der Waals surface area contributed by atoms with Gasteiger partial charge in [-0.15, -0.1) is 0 Å². The molecule has 1 aromatic carbocycles. The van der Waals surface area contributed by atoms with E-state index in [9.17, 15) is 22.8 Å². The number of alkyl halides is 3. The maximum absolute atomic E-state index is 13.6. The van der Waals surface area contributed by atoms with Crippen LogP contribution >= 0.6 is 11.6 Å². The van der Waals surface area contributed by atoms with Gasteiger partial charge in [-0.25, -0.2) is 19.6 Å².